The van der Waals surface area contributed by atoms with E-state index in [0.29, 0.717) is 27.9 Å². The predicted molar refractivity (Wildman–Crippen MR) is 138 cm³/mol. The number of halogens is 1. The molecule has 7 heteroatoms. The van der Waals surface area contributed by atoms with Gasteiger partial charge in [0.05, 0.1) is 34.3 Å². The summed E-state index contributed by atoms with van der Waals surface area (Å²) >= 11 is 12.2. The first-order valence-corrected chi connectivity index (χ1v) is 11.4. The van der Waals surface area contributed by atoms with Crippen molar-refractivity contribution in [3.05, 3.63) is 88.4 Å². The normalized spacial score (nSPS) is 10.4. The van der Waals surface area contributed by atoms with Gasteiger partial charge in [-0.25, -0.2) is 0 Å². The average molecular weight is 481 g/mol. The zero-order chi connectivity index (χ0) is 23.8. The van der Waals surface area contributed by atoms with Gasteiger partial charge in [0.1, 0.15) is 0 Å². The smallest absolute Gasteiger partial charge is 0.306 e. The highest BCUT2D eigenvalue weighted by molar-refractivity contribution is 7.81. The van der Waals surface area contributed by atoms with E-state index in [9.17, 15) is 9.59 Å². The van der Waals surface area contributed by atoms with E-state index in [-0.39, 0.29) is 18.7 Å². The number of anilines is 3. The van der Waals surface area contributed by atoms with Gasteiger partial charge in [0.25, 0.3) is 0 Å². The monoisotopic (exact) mass is 480 g/mol. The van der Waals surface area contributed by atoms with Crippen molar-refractivity contribution in [2.24, 2.45) is 0 Å². The first-order valence-electron chi connectivity index (χ1n) is 10.6. The molecular formula is C26H25ClN2O3S. The van der Waals surface area contributed by atoms with Gasteiger partial charge < -0.3 is 15.4 Å². The van der Waals surface area contributed by atoms with Crippen LogP contribution in [0.1, 0.15) is 36.5 Å². The lowest BCUT2D eigenvalue weighted by Gasteiger charge is -2.15. The second-order valence-corrected chi connectivity index (χ2v) is 8.18. The van der Waals surface area contributed by atoms with Crippen LogP contribution in [-0.2, 0) is 14.3 Å². The molecule has 170 valence electrons. The Labute approximate surface area is 204 Å². The van der Waals surface area contributed by atoms with E-state index in [1.807, 2.05) is 61.5 Å². The Balaban J connectivity index is 1.72. The molecule has 0 aliphatic heterocycles. The zero-order valence-corrected chi connectivity index (χ0v) is 20.1. The van der Waals surface area contributed by atoms with E-state index < -0.39 is 5.97 Å². The van der Waals surface area contributed by atoms with Crippen LogP contribution in [0.15, 0.2) is 66.7 Å². The molecule has 0 saturated carbocycles. The van der Waals surface area contributed by atoms with E-state index >= 15 is 0 Å². The minimum Gasteiger partial charge on any atom is -0.466 e. The number of nitrogens with one attached hydrogen (secondary N) is 2. The summed E-state index contributed by atoms with van der Waals surface area (Å²) in [6.45, 7) is 4.04. The highest BCUT2D eigenvalue weighted by Crippen LogP contribution is 2.30. The standard InChI is InChI=1S/C26H25ClN2O3S/c1-3-32-25(31)15-14-24(30)29-23-11-7-6-10-22(23)28-18-12-13-20(21(27)16-18)26(33)19-9-5-4-8-17(19)2/h4-13,16,28H,3,14-15H2,1-2H3,(H,29,30). The van der Waals surface area contributed by atoms with Gasteiger partial charge in [-0.05, 0) is 55.3 Å². The topological polar surface area (TPSA) is 67.4 Å². The van der Waals surface area contributed by atoms with Crippen molar-refractivity contribution in [2.75, 3.05) is 17.2 Å². The molecule has 0 fully saturated rings. The maximum absolute atomic E-state index is 12.3. The summed E-state index contributed by atoms with van der Waals surface area (Å²) in [6.07, 6.45) is 0.0805. The molecule has 2 N–H and O–H groups in total. The van der Waals surface area contributed by atoms with Crippen molar-refractivity contribution < 1.29 is 14.3 Å². The predicted octanol–water partition coefficient (Wildman–Crippen LogP) is 6.44. The largest absolute Gasteiger partial charge is 0.466 e. The van der Waals surface area contributed by atoms with E-state index in [1.165, 1.54) is 0 Å². The van der Waals surface area contributed by atoms with E-state index in [2.05, 4.69) is 10.6 Å². The number of hydrogen-bond donors (Lipinski definition) is 2. The van der Waals surface area contributed by atoms with Crippen molar-refractivity contribution >= 4 is 57.6 Å². The molecular weight excluding hydrogens is 456 g/mol. The van der Waals surface area contributed by atoms with Gasteiger partial charge in [-0.15, -0.1) is 0 Å². The van der Waals surface area contributed by atoms with E-state index in [4.69, 9.17) is 28.6 Å². The van der Waals surface area contributed by atoms with Crippen LogP contribution in [0.25, 0.3) is 0 Å². The summed E-state index contributed by atoms with van der Waals surface area (Å²) in [6, 6.07) is 20.8. The van der Waals surface area contributed by atoms with Gasteiger partial charge in [0, 0.05) is 17.7 Å². The number of ether oxygens (including phenoxy) is 1. The number of carbonyl (C=O) groups excluding carboxylic acids is 2. The van der Waals surface area contributed by atoms with Gasteiger partial charge in [0.15, 0.2) is 0 Å². The second kappa shape index (κ2) is 11.6. The summed E-state index contributed by atoms with van der Waals surface area (Å²) in [5.41, 5.74) is 4.91. The zero-order valence-electron chi connectivity index (χ0n) is 18.5. The number of rotatable bonds is 9. The molecule has 0 atom stereocenters. The molecule has 3 rings (SSSR count). The minimum atomic E-state index is -0.391. The van der Waals surface area contributed by atoms with Crippen molar-refractivity contribution in [3.8, 4) is 0 Å². The Bertz CT molecular complexity index is 1180. The molecule has 0 saturated heterocycles. The minimum absolute atomic E-state index is 0.0349. The lowest BCUT2D eigenvalue weighted by molar-refractivity contribution is -0.144. The quantitative estimate of drug-likeness (QED) is 0.209. The fourth-order valence-corrected chi connectivity index (χ4v) is 4.01. The van der Waals surface area contributed by atoms with Crippen LogP contribution in [0, 0.1) is 6.92 Å². The molecule has 0 radical (unpaired) electrons. The highest BCUT2D eigenvalue weighted by atomic mass is 35.5. The molecule has 0 spiro atoms. The maximum atomic E-state index is 12.3. The number of para-hydroxylation sites is 2. The lowest BCUT2D eigenvalue weighted by Crippen LogP contribution is -2.15. The Morgan fingerprint density at radius 2 is 1.64 bits per heavy atom. The number of aryl methyl sites for hydroxylation is 1. The van der Waals surface area contributed by atoms with Crippen molar-refractivity contribution in [3.63, 3.8) is 0 Å². The highest BCUT2D eigenvalue weighted by Gasteiger charge is 2.13. The Morgan fingerprint density at radius 1 is 0.939 bits per heavy atom. The van der Waals surface area contributed by atoms with Crippen LogP contribution in [0.2, 0.25) is 5.02 Å². The first kappa shape index (κ1) is 24.4. The van der Waals surface area contributed by atoms with Crippen LogP contribution < -0.4 is 10.6 Å². The molecule has 1 amide bonds. The van der Waals surface area contributed by atoms with Crippen LogP contribution in [0.3, 0.4) is 0 Å². The molecule has 3 aromatic rings. The van der Waals surface area contributed by atoms with Crippen LogP contribution in [-0.4, -0.2) is 23.3 Å². The van der Waals surface area contributed by atoms with E-state index in [0.717, 1.165) is 22.4 Å². The molecule has 0 unspecified atom stereocenters. The Hall–Kier alpha value is -3.22. The number of hydrogen-bond acceptors (Lipinski definition) is 5. The van der Waals surface area contributed by atoms with Gasteiger partial charge >= 0.3 is 5.97 Å². The summed E-state index contributed by atoms with van der Waals surface area (Å²) in [7, 11) is 0. The molecule has 0 bridgehead atoms. The van der Waals surface area contributed by atoms with Gasteiger partial charge in [0.2, 0.25) is 5.91 Å². The summed E-state index contributed by atoms with van der Waals surface area (Å²) in [5, 5.41) is 6.66. The summed E-state index contributed by atoms with van der Waals surface area (Å²) in [4.78, 5) is 24.5. The number of benzene rings is 3. The van der Waals surface area contributed by atoms with Gasteiger partial charge in [-0.1, -0.05) is 60.2 Å². The third kappa shape index (κ3) is 6.63. The van der Waals surface area contributed by atoms with Crippen molar-refractivity contribution in [1.82, 2.24) is 0 Å². The molecule has 3 aromatic carbocycles. The molecule has 0 heterocycles. The maximum Gasteiger partial charge on any atom is 0.306 e. The summed E-state index contributed by atoms with van der Waals surface area (Å²) in [5.74, 6) is -0.660. The molecule has 5 nitrogen and oxygen atoms in total. The van der Waals surface area contributed by atoms with Crippen molar-refractivity contribution in [1.29, 1.82) is 0 Å². The first-order chi connectivity index (χ1) is 15.9. The molecule has 33 heavy (non-hydrogen) atoms. The van der Waals surface area contributed by atoms with Crippen LogP contribution >= 0.6 is 23.8 Å². The molecule has 0 aliphatic rings. The third-order valence-electron chi connectivity index (χ3n) is 4.95. The average Bonchev–Trinajstić information content (AvgIpc) is 2.79. The molecule has 0 aliphatic carbocycles. The number of esters is 1. The number of amides is 1. The lowest BCUT2D eigenvalue weighted by atomic mass is 10.00. The number of carbonyl (C=O) groups is 2. The Morgan fingerprint density at radius 3 is 2.33 bits per heavy atom. The van der Waals surface area contributed by atoms with Crippen LogP contribution in [0.5, 0.6) is 0 Å². The van der Waals surface area contributed by atoms with Crippen LogP contribution in [0.4, 0.5) is 17.1 Å². The fraction of sp³-hybridized carbons (Fsp3) is 0.192. The molecule has 0 aromatic heterocycles. The van der Waals surface area contributed by atoms with E-state index in [1.54, 1.807) is 19.1 Å². The SMILES string of the molecule is CCOC(=O)CCC(=O)Nc1ccccc1Nc1ccc(C(=S)c2ccccc2C)c(Cl)c1. The fourth-order valence-electron chi connectivity index (χ4n) is 3.27. The summed E-state index contributed by atoms with van der Waals surface area (Å²) < 4.78 is 4.86. The number of thiocarbonyl (C=S) groups is 1. The van der Waals surface area contributed by atoms with Gasteiger partial charge in [-0.2, -0.15) is 0 Å². The second-order valence-electron chi connectivity index (χ2n) is 7.36. The van der Waals surface area contributed by atoms with Gasteiger partial charge in [-0.3, -0.25) is 9.59 Å². The third-order valence-corrected chi connectivity index (χ3v) is 5.70. The van der Waals surface area contributed by atoms with Crippen molar-refractivity contribution in [2.45, 2.75) is 26.7 Å². The Kier molecular flexibility index (Phi) is 8.58.